The van der Waals surface area contributed by atoms with Gasteiger partial charge in [0.05, 0.1) is 11.1 Å². The number of carboxylic acid groups (broad SMARTS) is 2. The second-order valence-corrected chi connectivity index (χ2v) is 4.19. The zero-order valence-electron chi connectivity index (χ0n) is 9.61. The van der Waals surface area contributed by atoms with E-state index in [1.54, 1.807) is 0 Å². The van der Waals surface area contributed by atoms with Crippen LogP contribution in [0, 0.1) is 0 Å². The third-order valence-electron chi connectivity index (χ3n) is 1.74. The molecule has 0 spiro atoms. The van der Waals surface area contributed by atoms with Gasteiger partial charge in [0.1, 0.15) is 4.90 Å². The van der Waals surface area contributed by atoms with E-state index < -0.39 is 38.1 Å². The molecule has 1 aromatic carbocycles. The minimum atomic E-state index is -4.78. The molecule has 0 unspecified atom stereocenters. The molecule has 0 atom stereocenters. The molecule has 0 radical (unpaired) electrons. The van der Waals surface area contributed by atoms with Crippen molar-refractivity contribution in [2.45, 2.75) is 4.90 Å². The minimum Gasteiger partial charge on any atom is -1.00 e. The van der Waals surface area contributed by atoms with Crippen LogP contribution < -0.4 is 68.9 Å². The van der Waals surface area contributed by atoms with E-state index in [1.807, 2.05) is 0 Å². The van der Waals surface area contributed by atoms with Crippen LogP contribution in [0.3, 0.4) is 0 Å². The Balaban J connectivity index is 0. The summed E-state index contributed by atoms with van der Waals surface area (Å²) >= 11 is 0. The van der Waals surface area contributed by atoms with Crippen molar-refractivity contribution >= 4 is 22.1 Å². The quantitative estimate of drug-likeness (QED) is 0.493. The maximum absolute atomic E-state index is 10.8. The summed E-state index contributed by atoms with van der Waals surface area (Å²) in [5, 5.41) is 17.2. The molecule has 1 aromatic rings. The first-order chi connectivity index (χ1) is 7.23. The van der Waals surface area contributed by atoms with Crippen molar-refractivity contribution in [2.24, 2.45) is 0 Å². The summed E-state index contributed by atoms with van der Waals surface area (Å²) < 4.78 is 30.4. The molecule has 0 bridgehead atoms. The van der Waals surface area contributed by atoms with Crippen molar-refractivity contribution in [2.75, 3.05) is 0 Å². The Hall–Kier alpha value is 0.122. The molecule has 1 rings (SSSR count). The Morgan fingerprint density at radius 3 is 2.00 bits per heavy atom. The summed E-state index contributed by atoms with van der Waals surface area (Å²) in [5.41, 5.74) is -1.12. The SMILES string of the molecule is O=C(O)c1ccc(C(=O)O)c(S(=O)(=O)O)c1.[Cs+].[H-]. The standard InChI is InChI=1S/C8H6O7S.Cs.H/c9-7(10)4-1-2-5(8(11)12)6(3-4)16(13,14)15;;/h1-3H,(H,9,10)(H,11,12)(H,13,14,15);;/q;+1;-1. The smallest absolute Gasteiger partial charge is 1.00 e. The third-order valence-corrected chi connectivity index (χ3v) is 2.63. The summed E-state index contributed by atoms with van der Waals surface area (Å²) in [4.78, 5) is 20.2. The van der Waals surface area contributed by atoms with E-state index in [2.05, 4.69) is 0 Å². The number of rotatable bonds is 3. The van der Waals surface area contributed by atoms with Crippen LogP contribution >= 0.6 is 0 Å². The first-order valence-electron chi connectivity index (χ1n) is 3.81. The zero-order chi connectivity index (χ0) is 12.5. The summed E-state index contributed by atoms with van der Waals surface area (Å²) in [6.45, 7) is 0. The van der Waals surface area contributed by atoms with Crippen LogP contribution in [0.25, 0.3) is 0 Å². The van der Waals surface area contributed by atoms with Gasteiger partial charge in [-0.15, -0.1) is 0 Å². The average Bonchev–Trinajstić information content (AvgIpc) is 2.15. The minimum absolute atomic E-state index is 0. The summed E-state index contributed by atoms with van der Waals surface area (Å²) in [6, 6.07) is 2.32. The molecule has 88 valence electrons. The van der Waals surface area contributed by atoms with Crippen molar-refractivity contribution in [3.8, 4) is 0 Å². The van der Waals surface area contributed by atoms with Crippen LogP contribution in [-0.2, 0) is 10.1 Å². The molecule has 0 heterocycles. The van der Waals surface area contributed by atoms with Crippen molar-refractivity contribution in [3.05, 3.63) is 29.3 Å². The van der Waals surface area contributed by atoms with Gasteiger partial charge in [-0.25, -0.2) is 9.59 Å². The maximum atomic E-state index is 10.8. The Morgan fingerprint density at radius 2 is 1.65 bits per heavy atom. The molecule has 0 fully saturated rings. The molecule has 0 aliphatic heterocycles. The summed E-state index contributed by atoms with van der Waals surface area (Å²) in [6.07, 6.45) is 0. The number of carboxylic acids is 2. The molecule has 0 aromatic heterocycles. The van der Waals surface area contributed by atoms with Crippen LogP contribution in [0.15, 0.2) is 23.1 Å². The van der Waals surface area contributed by atoms with Gasteiger partial charge in [-0.3, -0.25) is 4.55 Å². The van der Waals surface area contributed by atoms with Crippen molar-refractivity contribution < 1.29 is 103 Å². The Labute approximate surface area is 156 Å². The molecule has 3 N–H and O–H groups in total. The van der Waals surface area contributed by atoms with Gasteiger partial charge in [-0.05, 0) is 18.2 Å². The molecule has 17 heavy (non-hydrogen) atoms. The van der Waals surface area contributed by atoms with E-state index in [-0.39, 0.29) is 70.3 Å². The largest absolute Gasteiger partial charge is 1.00 e. The Bertz CT molecular complexity index is 569. The van der Waals surface area contributed by atoms with Gasteiger partial charge in [-0.2, -0.15) is 8.42 Å². The Kier molecular flexibility index (Phi) is 6.38. The Morgan fingerprint density at radius 1 is 1.12 bits per heavy atom. The van der Waals surface area contributed by atoms with E-state index in [0.717, 1.165) is 12.1 Å². The fraction of sp³-hybridized carbons (Fsp3) is 0. The van der Waals surface area contributed by atoms with E-state index >= 15 is 0 Å². The fourth-order valence-electron chi connectivity index (χ4n) is 1.05. The molecule has 0 amide bonds. The van der Waals surface area contributed by atoms with Crippen LogP contribution in [-0.4, -0.2) is 35.1 Å². The first kappa shape index (κ1) is 17.1. The molecule has 0 saturated heterocycles. The van der Waals surface area contributed by atoms with E-state index in [9.17, 15) is 18.0 Å². The average molecular weight is 380 g/mol. The van der Waals surface area contributed by atoms with Gasteiger partial charge in [-0.1, -0.05) is 0 Å². The molecular formula is C8H7CsO7S. The van der Waals surface area contributed by atoms with E-state index in [1.165, 1.54) is 0 Å². The van der Waals surface area contributed by atoms with Gasteiger partial charge in [0, 0.05) is 0 Å². The number of hydrogen-bond acceptors (Lipinski definition) is 4. The van der Waals surface area contributed by atoms with Crippen LogP contribution in [0.1, 0.15) is 22.1 Å². The fourth-order valence-corrected chi connectivity index (χ4v) is 1.75. The predicted molar refractivity (Wildman–Crippen MR) is 51.3 cm³/mol. The zero-order valence-corrected chi connectivity index (χ0v) is 15.7. The molecular weight excluding hydrogens is 373 g/mol. The van der Waals surface area contributed by atoms with Crippen molar-refractivity contribution in [1.29, 1.82) is 0 Å². The second-order valence-electron chi connectivity index (χ2n) is 2.80. The summed E-state index contributed by atoms with van der Waals surface area (Å²) in [7, 11) is -4.78. The molecule has 9 heteroatoms. The number of aromatic carboxylic acids is 2. The van der Waals surface area contributed by atoms with Gasteiger partial charge in [0.25, 0.3) is 10.1 Å². The van der Waals surface area contributed by atoms with Crippen molar-refractivity contribution in [1.82, 2.24) is 0 Å². The van der Waals surface area contributed by atoms with Crippen molar-refractivity contribution in [3.63, 3.8) is 0 Å². The van der Waals surface area contributed by atoms with E-state index in [0.29, 0.717) is 6.07 Å². The van der Waals surface area contributed by atoms with E-state index in [4.69, 9.17) is 14.8 Å². The monoisotopic (exact) mass is 380 g/mol. The second kappa shape index (κ2) is 6.34. The van der Waals surface area contributed by atoms with Gasteiger partial charge in [0.15, 0.2) is 0 Å². The molecule has 0 saturated carbocycles. The third kappa shape index (κ3) is 4.37. The summed E-state index contributed by atoms with van der Waals surface area (Å²) in [5.74, 6) is -3.01. The van der Waals surface area contributed by atoms with Crippen LogP contribution in [0.5, 0.6) is 0 Å². The van der Waals surface area contributed by atoms with Crippen LogP contribution in [0.2, 0.25) is 0 Å². The normalized spacial score (nSPS) is 10.4. The number of carbonyl (C=O) groups is 2. The predicted octanol–water partition coefficient (Wildman–Crippen LogP) is -2.55. The molecule has 0 aliphatic rings. The molecule has 0 aliphatic carbocycles. The topological polar surface area (TPSA) is 129 Å². The van der Waals surface area contributed by atoms with Crippen LogP contribution in [0.4, 0.5) is 0 Å². The number of benzene rings is 1. The van der Waals surface area contributed by atoms with Gasteiger partial charge in [0.2, 0.25) is 0 Å². The van der Waals surface area contributed by atoms with Gasteiger partial charge < -0.3 is 11.6 Å². The molecule has 7 nitrogen and oxygen atoms in total. The maximum Gasteiger partial charge on any atom is 1.00 e. The first-order valence-corrected chi connectivity index (χ1v) is 5.25. The van der Waals surface area contributed by atoms with Gasteiger partial charge >= 0.3 is 80.8 Å². The number of hydrogen-bond donors (Lipinski definition) is 3.